The number of methoxy groups -OCH3 is 1. The van der Waals surface area contributed by atoms with Crippen LogP contribution in [-0.2, 0) is 4.79 Å². The lowest BCUT2D eigenvalue weighted by Gasteiger charge is -2.14. The lowest BCUT2D eigenvalue weighted by Crippen LogP contribution is -2.02. The van der Waals surface area contributed by atoms with Crippen LogP contribution in [0.1, 0.15) is 19.3 Å². The van der Waals surface area contributed by atoms with E-state index in [2.05, 4.69) is 15.3 Å². The molecular formula is C20H19ClFN3O4. The molecule has 1 aromatic heterocycles. The molecule has 2 aromatic carbocycles. The van der Waals surface area contributed by atoms with E-state index in [0.29, 0.717) is 53.4 Å². The number of aromatic nitrogens is 2. The van der Waals surface area contributed by atoms with E-state index in [1.807, 2.05) is 0 Å². The van der Waals surface area contributed by atoms with Gasteiger partial charge in [0.05, 0.1) is 24.3 Å². The van der Waals surface area contributed by atoms with Gasteiger partial charge in [-0.2, -0.15) is 0 Å². The molecule has 152 valence electrons. The summed E-state index contributed by atoms with van der Waals surface area (Å²) in [6, 6.07) is 7.76. The molecule has 0 amide bonds. The third kappa shape index (κ3) is 5.23. The Morgan fingerprint density at radius 2 is 2.03 bits per heavy atom. The number of carbonyl (C=O) groups is 1. The van der Waals surface area contributed by atoms with E-state index in [1.54, 1.807) is 18.2 Å². The number of carboxylic acid groups (broad SMARTS) is 1. The van der Waals surface area contributed by atoms with Crippen molar-refractivity contribution in [1.29, 1.82) is 0 Å². The second-order valence-corrected chi connectivity index (χ2v) is 6.60. The van der Waals surface area contributed by atoms with E-state index in [1.165, 1.54) is 25.6 Å². The molecule has 0 fully saturated rings. The summed E-state index contributed by atoms with van der Waals surface area (Å²) in [4.78, 5) is 19.1. The molecule has 0 saturated heterocycles. The van der Waals surface area contributed by atoms with E-state index in [4.69, 9.17) is 26.2 Å². The number of fused-ring (bicyclic) bond motifs is 1. The number of ether oxygens (including phenoxy) is 2. The van der Waals surface area contributed by atoms with Crippen LogP contribution in [0.2, 0.25) is 5.02 Å². The second kappa shape index (κ2) is 9.38. The van der Waals surface area contributed by atoms with Crippen LogP contribution in [0.4, 0.5) is 15.9 Å². The molecule has 0 atom stereocenters. The minimum absolute atomic E-state index is 0.000383. The normalized spacial score (nSPS) is 10.7. The van der Waals surface area contributed by atoms with Crippen molar-refractivity contribution in [2.75, 3.05) is 19.0 Å². The molecular weight excluding hydrogens is 401 g/mol. The van der Waals surface area contributed by atoms with Crippen LogP contribution in [0.5, 0.6) is 11.5 Å². The van der Waals surface area contributed by atoms with Crippen LogP contribution < -0.4 is 14.8 Å². The third-order valence-electron chi connectivity index (χ3n) is 4.15. The average molecular weight is 420 g/mol. The number of nitrogens with zero attached hydrogens (tertiary/aromatic N) is 2. The number of halogens is 2. The SMILES string of the molecule is COc1cc2ncnc(Nc3ccc(F)c(Cl)c3)c2cc1OCCCCC(=O)O. The average Bonchev–Trinajstić information content (AvgIpc) is 2.70. The molecule has 0 aliphatic rings. The summed E-state index contributed by atoms with van der Waals surface area (Å²) in [6.07, 6.45) is 2.62. The van der Waals surface area contributed by atoms with Gasteiger partial charge in [0.2, 0.25) is 0 Å². The Bertz CT molecular complexity index is 1030. The number of rotatable bonds is 9. The minimum Gasteiger partial charge on any atom is -0.493 e. The molecule has 0 unspecified atom stereocenters. The van der Waals surface area contributed by atoms with Crippen LogP contribution in [0.25, 0.3) is 10.9 Å². The Balaban J connectivity index is 1.85. The Labute approximate surface area is 171 Å². The van der Waals surface area contributed by atoms with Crippen molar-refractivity contribution in [2.24, 2.45) is 0 Å². The lowest BCUT2D eigenvalue weighted by molar-refractivity contribution is -0.137. The van der Waals surface area contributed by atoms with Crippen molar-refractivity contribution in [3.8, 4) is 11.5 Å². The van der Waals surface area contributed by atoms with Crippen molar-refractivity contribution in [3.05, 3.63) is 47.5 Å². The Hall–Kier alpha value is -3.13. The third-order valence-corrected chi connectivity index (χ3v) is 4.44. The van der Waals surface area contributed by atoms with Gasteiger partial charge >= 0.3 is 5.97 Å². The van der Waals surface area contributed by atoms with Gasteiger partial charge in [-0.1, -0.05) is 11.6 Å². The summed E-state index contributed by atoms with van der Waals surface area (Å²) >= 11 is 5.84. The number of unbranched alkanes of at least 4 members (excludes halogenated alkanes) is 1. The molecule has 3 rings (SSSR count). The van der Waals surface area contributed by atoms with Crippen molar-refractivity contribution in [2.45, 2.75) is 19.3 Å². The predicted molar refractivity (Wildman–Crippen MR) is 108 cm³/mol. The fraction of sp³-hybridized carbons (Fsp3) is 0.250. The maximum Gasteiger partial charge on any atom is 0.303 e. The second-order valence-electron chi connectivity index (χ2n) is 6.20. The summed E-state index contributed by atoms with van der Waals surface area (Å²) in [5.74, 6) is 0.154. The molecule has 0 radical (unpaired) electrons. The van der Waals surface area contributed by atoms with Crippen LogP contribution in [0, 0.1) is 5.82 Å². The van der Waals surface area contributed by atoms with Crippen molar-refractivity contribution in [3.63, 3.8) is 0 Å². The smallest absolute Gasteiger partial charge is 0.303 e. The Kier molecular flexibility index (Phi) is 6.66. The standard InChI is InChI=1S/C20H19ClFN3O4/c1-28-17-10-16-13(9-18(17)29-7-3-2-4-19(26)27)20(24-11-23-16)25-12-5-6-15(22)14(21)8-12/h5-6,8-11H,2-4,7H2,1H3,(H,26,27)(H,23,24,25). The monoisotopic (exact) mass is 419 g/mol. The number of benzene rings is 2. The van der Waals surface area contributed by atoms with E-state index in [-0.39, 0.29) is 11.4 Å². The predicted octanol–water partition coefficient (Wildman–Crippen LogP) is 4.81. The van der Waals surface area contributed by atoms with Crippen LogP contribution >= 0.6 is 11.6 Å². The fourth-order valence-corrected chi connectivity index (χ4v) is 2.89. The van der Waals surface area contributed by atoms with Crippen molar-refractivity contribution in [1.82, 2.24) is 9.97 Å². The number of nitrogens with one attached hydrogen (secondary N) is 1. The van der Waals surface area contributed by atoms with Gasteiger partial charge in [-0.3, -0.25) is 4.79 Å². The maximum absolute atomic E-state index is 13.4. The molecule has 9 heteroatoms. The van der Waals surface area contributed by atoms with Gasteiger partial charge in [0.1, 0.15) is 18.0 Å². The quantitative estimate of drug-likeness (QED) is 0.481. The van der Waals surface area contributed by atoms with Crippen molar-refractivity contribution < 1.29 is 23.8 Å². The topological polar surface area (TPSA) is 93.6 Å². The summed E-state index contributed by atoms with van der Waals surface area (Å²) in [6.45, 7) is 0.346. The zero-order chi connectivity index (χ0) is 20.8. The highest BCUT2D eigenvalue weighted by Crippen LogP contribution is 2.35. The maximum atomic E-state index is 13.4. The lowest BCUT2D eigenvalue weighted by atomic mass is 10.2. The molecule has 0 aliphatic heterocycles. The molecule has 2 N–H and O–H groups in total. The van der Waals surface area contributed by atoms with Gasteiger partial charge in [0, 0.05) is 23.6 Å². The summed E-state index contributed by atoms with van der Waals surface area (Å²) in [5.41, 5.74) is 1.20. The largest absolute Gasteiger partial charge is 0.493 e. The first kappa shape index (κ1) is 20.6. The van der Waals surface area contributed by atoms with E-state index < -0.39 is 11.8 Å². The fourth-order valence-electron chi connectivity index (χ4n) is 2.71. The van der Waals surface area contributed by atoms with Gasteiger partial charge in [-0.25, -0.2) is 14.4 Å². The first-order valence-electron chi connectivity index (χ1n) is 8.87. The summed E-state index contributed by atoms with van der Waals surface area (Å²) < 4.78 is 24.6. The number of hydrogen-bond acceptors (Lipinski definition) is 6. The minimum atomic E-state index is -0.831. The first-order valence-corrected chi connectivity index (χ1v) is 9.25. The van der Waals surface area contributed by atoms with E-state index in [0.717, 1.165) is 0 Å². The zero-order valence-corrected chi connectivity index (χ0v) is 16.4. The van der Waals surface area contributed by atoms with Crippen LogP contribution in [0.3, 0.4) is 0 Å². The highest BCUT2D eigenvalue weighted by atomic mass is 35.5. The first-order chi connectivity index (χ1) is 14.0. The summed E-state index contributed by atoms with van der Waals surface area (Å²) in [5, 5.41) is 12.5. The molecule has 0 bridgehead atoms. The molecule has 29 heavy (non-hydrogen) atoms. The molecule has 3 aromatic rings. The van der Waals surface area contributed by atoms with E-state index in [9.17, 15) is 9.18 Å². The molecule has 0 spiro atoms. The highest BCUT2D eigenvalue weighted by molar-refractivity contribution is 6.31. The molecule has 0 aliphatic carbocycles. The van der Waals surface area contributed by atoms with Gasteiger partial charge in [-0.15, -0.1) is 0 Å². The van der Waals surface area contributed by atoms with Crippen LogP contribution in [-0.4, -0.2) is 34.8 Å². The molecule has 7 nitrogen and oxygen atoms in total. The van der Waals surface area contributed by atoms with Gasteiger partial charge in [0.25, 0.3) is 0 Å². The number of aliphatic carboxylic acids is 1. The van der Waals surface area contributed by atoms with Gasteiger partial charge in [-0.05, 0) is 37.1 Å². The number of hydrogen-bond donors (Lipinski definition) is 2. The van der Waals surface area contributed by atoms with Crippen molar-refractivity contribution >= 4 is 40.0 Å². The molecule has 1 heterocycles. The van der Waals surface area contributed by atoms with E-state index >= 15 is 0 Å². The van der Waals surface area contributed by atoms with Gasteiger partial charge in [0.15, 0.2) is 11.5 Å². The Morgan fingerprint density at radius 1 is 1.21 bits per heavy atom. The number of anilines is 2. The Morgan fingerprint density at radius 3 is 2.76 bits per heavy atom. The highest BCUT2D eigenvalue weighted by Gasteiger charge is 2.12. The van der Waals surface area contributed by atoms with Crippen LogP contribution in [0.15, 0.2) is 36.7 Å². The molecule has 0 saturated carbocycles. The zero-order valence-electron chi connectivity index (χ0n) is 15.6. The number of carboxylic acids is 1. The van der Waals surface area contributed by atoms with Gasteiger partial charge < -0.3 is 19.9 Å². The summed E-state index contributed by atoms with van der Waals surface area (Å²) in [7, 11) is 1.53.